The number of methoxy groups -OCH3 is 1. The minimum Gasteiger partial charge on any atom is -0.414 e. The van der Waals surface area contributed by atoms with Crippen molar-refractivity contribution in [3.63, 3.8) is 0 Å². The first kappa shape index (κ1) is 27.5. The van der Waals surface area contributed by atoms with Crippen LogP contribution in [-0.2, 0) is 30.0 Å². The Balaban J connectivity index is 1.79. The van der Waals surface area contributed by atoms with E-state index in [1.807, 2.05) is 36.4 Å². The van der Waals surface area contributed by atoms with E-state index >= 15 is 0 Å². The lowest BCUT2D eigenvalue weighted by Crippen LogP contribution is -2.65. The van der Waals surface area contributed by atoms with Crippen molar-refractivity contribution in [1.29, 1.82) is 0 Å². The maximum Gasteiger partial charge on any atom is 0.192 e. The van der Waals surface area contributed by atoms with Crippen LogP contribution >= 0.6 is 0 Å². The number of rotatable bonds is 10. The van der Waals surface area contributed by atoms with Crippen molar-refractivity contribution in [2.75, 3.05) is 13.7 Å². The number of hydrogen-bond acceptors (Lipinski definition) is 6. The van der Waals surface area contributed by atoms with Gasteiger partial charge in [0.1, 0.15) is 24.4 Å². The third-order valence-corrected chi connectivity index (χ3v) is 12.2. The summed E-state index contributed by atoms with van der Waals surface area (Å²) in [7, 11) is -0.312. The predicted octanol–water partition coefficient (Wildman–Crippen LogP) is 5.21. The number of ether oxygens (including phenoxy) is 4. The molecule has 0 aromatic heterocycles. The van der Waals surface area contributed by atoms with Crippen molar-refractivity contribution in [3.05, 3.63) is 48.6 Å². The average Bonchev–Trinajstić information content (AvgIpc) is 2.81. The minimum absolute atomic E-state index is 0.0789. The Morgan fingerprint density at radius 1 is 1.24 bits per heavy atom. The van der Waals surface area contributed by atoms with Crippen molar-refractivity contribution in [1.82, 2.24) is 0 Å². The summed E-state index contributed by atoms with van der Waals surface area (Å²) in [6, 6.07) is 9.99. The molecule has 0 aliphatic carbocycles. The summed E-state index contributed by atoms with van der Waals surface area (Å²) in [6.45, 7) is 15.6. The fourth-order valence-corrected chi connectivity index (χ4v) is 5.42. The number of allylic oxidation sites excluding steroid dienone is 1. The Bertz CT molecular complexity index is 779. The molecule has 1 aromatic rings. The lowest BCUT2D eigenvalue weighted by molar-refractivity contribution is -0.349. The van der Waals surface area contributed by atoms with E-state index in [-0.39, 0.29) is 11.1 Å². The predicted molar refractivity (Wildman–Crippen MR) is 136 cm³/mol. The second-order valence-corrected chi connectivity index (χ2v) is 15.9. The van der Waals surface area contributed by atoms with Gasteiger partial charge in [0.25, 0.3) is 0 Å². The molecular formula is C27H44O6Si. The fourth-order valence-electron chi connectivity index (χ4n) is 4.41. The molecule has 2 aliphatic rings. The van der Waals surface area contributed by atoms with E-state index in [0.29, 0.717) is 19.6 Å². The van der Waals surface area contributed by atoms with Gasteiger partial charge in [0.2, 0.25) is 0 Å². The van der Waals surface area contributed by atoms with Crippen LogP contribution in [0.25, 0.3) is 0 Å². The van der Waals surface area contributed by atoms with Crippen molar-refractivity contribution in [3.8, 4) is 0 Å². The fraction of sp³-hybridized carbons (Fsp3) is 0.704. The topological polar surface area (TPSA) is 66.4 Å². The van der Waals surface area contributed by atoms with E-state index in [2.05, 4.69) is 40.4 Å². The van der Waals surface area contributed by atoms with Gasteiger partial charge in [0, 0.05) is 20.0 Å². The maximum absolute atomic E-state index is 11.4. The van der Waals surface area contributed by atoms with E-state index in [0.717, 1.165) is 24.8 Å². The molecule has 192 valence electrons. The molecule has 6 atom stereocenters. The molecule has 6 nitrogen and oxygen atoms in total. The molecule has 0 saturated carbocycles. The summed E-state index contributed by atoms with van der Waals surface area (Å²) < 4.78 is 31.6. The van der Waals surface area contributed by atoms with Crippen molar-refractivity contribution < 1.29 is 28.5 Å². The Morgan fingerprint density at radius 3 is 2.56 bits per heavy atom. The van der Waals surface area contributed by atoms with Gasteiger partial charge in [0.05, 0.1) is 19.3 Å². The number of benzene rings is 1. The van der Waals surface area contributed by atoms with E-state index in [1.165, 1.54) is 0 Å². The second kappa shape index (κ2) is 11.3. The highest BCUT2D eigenvalue weighted by molar-refractivity contribution is 6.74. The minimum atomic E-state index is -1.99. The Labute approximate surface area is 206 Å². The molecule has 1 aromatic carbocycles. The molecule has 2 saturated heterocycles. The second-order valence-electron chi connectivity index (χ2n) is 11.1. The summed E-state index contributed by atoms with van der Waals surface area (Å²) in [5.41, 5.74) is 1.05. The molecule has 0 unspecified atom stereocenters. The molecular weight excluding hydrogens is 448 g/mol. The Kier molecular flexibility index (Phi) is 9.17. The molecule has 2 heterocycles. The van der Waals surface area contributed by atoms with Gasteiger partial charge in [-0.1, -0.05) is 57.2 Å². The van der Waals surface area contributed by atoms with Crippen LogP contribution in [0.5, 0.6) is 0 Å². The SMILES string of the molecule is C=CCC[C@]1(OC)CC[C@H]2O[C@H](CO[Si](C)(C)C(C)(C)C)[C@@H](O)[C@@H](OCc3ccccc3)[C@@H]2O1. The van der Waals surface area contributed by atoms with Gasteiger partial charge in [-0.2, -0.15) is 0 Å². The van der Waals surface area contributed by atoms with Crippen LogP contribution in [0, 0.1) is 0 Å². The van der Waals surface area contributed by atoms with Crippen molar-refractivity contribution >= 4 is 8.32 Å². The van der Waals surface area contributed by atoms with Crippen LogP contribution < -0.4 is 0 Å². The van der Waals surface area contributed by atoms with Crippen molar-refractivity contribution in [2.45, 2.75) is 108 Å². The number of aliphatic hydroxyl groups is 1. The molecule has 7 heteroatoms. The highest BCUT2D eigenvalue weighted by atomic mass is 28.4. The first-order valence-corrected chi connectivity index (χ1v) is 15.4. The Morgan fingerprint density at radius 2 is 1.94 bits per heavy atom. The molecule has 0 bridgehead atoms. The van der Waals surface area contributed by atoms with Crippen LogP contribution in [-0.4, -0.2) is 63.4 Å². The first-order chi connectivity index (χ1) is 16.0. The molecule has 3 rings (SSSR count). The van der Waals surface area contributed by atoms with Crippen LogP contribution in [0.4, 0.5) is 0 Å². The molecule has 34 heavy (non-hydrogen) atoms. The van der Waals surface area contributed by atoms with Gasteiger partial charge >= 0.3 is 0 Å². The van der Waals surface area contributed by atoms with Gasteiger partial charge in [-0.3, -0.25) is 0 Å². The zero-order valence-corrected chi connectivity index (χ0v) is 22.8. The normalized spacial score (nSPS) is 32.3. The summed E-state index contributed by atoms with van der Waals surface area (Å²) in [4.78, 5) is 0. The number of fused-ring (bicyclic) bond motifs is 1. The van der Waals surface area contributed by atoms with Crippen LogP contribution in [0.2, 0.25) is 18.1 Å². The molecule has 1 N–H and O–H groups in total. The number of hydrogen-bond donors (Lipinski definition) is 1. The lowest BCUT2D eigenvalue weighted by atomic mass is 9.87. The van der Waals surface area contributed by atoms with E-state index in [4.69, 9.17) is 23.4 Å². The van der Waals surface area contributed by atoms with Gasteiger partial charge in [-0.15, -0.1) is 6.58 Å². The first-order valence-electron chi connectivity index (χ1n) is 12.5. The van der Waals surface area contributed by atoms with Crippen LogP contribution in [0.15, 0.2) is 43.0 Å². The summed E-state index contributed by atoms with van der Waals surface area (Å²) in [5.74, 6) is -0.725. The lowest BCUT2D eigenvalue weighted by Gasteiger charge is -2.52. The standard InChI is InChI=1S/C27H44O6Si/c1-8-9-16-27(29-5)17-15-21-24(33-27)25(30-18-20-13-11-10-12-14-20)23(28)22(32-21)19-31-34(6,7)26(2,3)4/h8,10-14,21-25,28H,1,9,15-19H2,2-7H3/t21-,22-,23-,24-,25-,27-/m1/s1. The van der Waals surface area contributed by atoms with Crippen molar-refractivity contribution in [2.24, 2.45) is 0 Å². The molecule has 0 amide bonds. The summed E-state index contributed by atoms with van der Waals surface area (Å²) in [5, 5.41) is 11.5. The molecule has 2 fully saturated rings. The third-order valence-electron chi connectivity index (χ3n) is 7.72. The average molecular weight is 493 g/mol. The molecule has 0 spiro atoms. The summed E-state index contributed by atoms with van der Waals surface area (Å²) >= 11 is 0. The molecule has 2 aliphatic heterocycles. The highest BCUT2D eigenvalue weighted by Crippen LogP contribution is 2.42. The van der Waals surface area contributed by atoms with Gasteiger partial charge < -0.3 is 28.5 Å². The van der Waals surface area contributed by atoms with Gasteiger partial charge in [-0.05, 0) is 36.5 Å². The van der Waals surface area contributed by atoms with Crippen LogP contribution in [0.1, 0.15) is 52.0 Å². The van der Waals surface area contributed by atoms with Crippen LogP contribution in [0.3, 0.4) is 0 Å². The largest absolute Gasteiger partial charge is 0.414 e. The molecule has 0 radical (unpaired) electrons. The smallest absolute Gasteiger partial charge is 0.192 e. The quantitative estimate of drug-likeness (QED) is 0.357. The zero-order valence-electron chi connectivity index (χ0n) is 21.8. The van der Waals surface area contributed by atoms with E-state index in [1.54, 1.807) is 7.11 Å². The maximum atomic E-state index is 11.4. The summed E-state index contributed by atoms with van der Waals surface area (Å²) in [6.07, 6.45) is 2.34. The van der Waals surface area contributed by atoms with Gasteiger partial charge in [-0.25, -0.2) is 0 Å². The van der Waals surface area contributed by atoms with E-state index in [9.17, 15) is 5.11 Å². The van der Waals surface area contributed by atoms with Gasteiger partial charge in [0.15, 0.2) is 14.1 Å². The number of aliphatic hydroxyl groups excluding tert-OH is 1. The van der Waals surface area contributed by atoms with E-state index < -0.39 is 38.5 Å². The Hall–Kier alpha value is -1.06. The highest BCUT2D eigenvalue weighted by Gasteiger charge is 2.53. The zero-order chi connectivity index (χ0) is 25.0. The monoisotopic (exact) mass is 492 g/mol. The third kappa shape index (κ3) is 6.38.